The molecule has 4 N–H and O–H groups in total. The van der Waals surface area contributed by atoms with Gasteiger partial charge in [0, 0.05) is 18.8 Å². The number of nitrogens with two attached hydrogens (primary N) is 1. The highest BCUT2D eigenvalue weighted by Gasteiger charge is 2.43. The Bertz CT molecular complexity index is 398. The number of ether oxygens (including phenoxy) is 1. The molecule has 0 atom stereocenters. The monoisotopic (exact) mass is 301 g/mol. The minimum atomic E-state index is -0.893. The molecule has 1 saturated heterocycles. The van der Waals surface area contributed by atoms with Crippen LogP contribution in [0.5, 0.6) is 0 Å². The van der Waals surface area contributed by atoms with Crippen molar-refractivity contribution in [2.24, 2.45) is 11.1 Å². The average Bonchev–Trinajstić information content (AvgIpc) is 2.34. The van der Waals surface area contributed by atoms with Gasteiger partial charge in [-0.05, 0) is 33.6 Å². The maximum atomic E-state index is 12.3. The first-order valence-corrected chi connectivity index (χ1v) is 7.05. The van der Waals surface area contributed by atoms with Crippen LogP contribution in [0.3, 0.4) is 0 Å². The summed E-state index contributed by atoms with van der Waals surface area (Å²) in [6.45, 7) is 6.43. The molecule has 1 heterocycles. The molecule has 0 unspecified atom stereocenters. The van der Waals surface area contributed by atoms with Gasteiger partial charge < -0.3 is 21.1 Å². The first kappa shape index (κ1) is 16.8. The Morgan fingerprint density at radius 1 is 1.30 bits per heavy atom. The predicted molar refractivity (Wildman–Crippen MR) is 80.2 cm³/mol. The second-order valence-electron chi connectivity index (χ2n) is 6.04. The van der Waals surface area contributed by atoms with Crippen LogP contribution in [0.25, 0.3) is 0 Å². The van der Waals surface area contributed by atoms with E-state index in [1.165, 1.54) is 0 Å². The summed E-state index contributed by atoms with van der Waals surface area (Å²) in [6.07, 6.45) is 0.907. The molecule has 114 valence electrons. The fourth-order valence-electron chi connectivity index (χ4n) is 2.10. The van der Waals surface area contributed by atoms with Crippen molar-refractivity contribution >= 4 is 29.0 Å². The molecule has 1 aliphatic heterocycles. The summed E-state index contributed by atoms with van der Waals surface area (Å²) in [7, 11) is 0. The topological polar surface area (TPSA) is 93.5 Å². The van der Waals surface area contributed by atoms with E-state index in [0.29, 0.717) is 26.1 Å². The van der Waals surface area contributed by atoms with E-state index in [9.17, 15) is 9.59 Å². The molecule has 0 aliphatic carbocycles. The van der Waals surface area contributed by atoms with Crippen molar-refractivity contribution in [3.05, 3.63) is 0 Å². The van der Waals surface area contributed by atoms with Crippen LogP contribution >= 0.6 is 12.2 Å². The Morgan fingerprint density at radius 2 is 1.85 bits per heavy atom. The van der Waals surface area contributed by atoms with Crippen LogP contribution in [0.4, 0.5) is 0 Å². The largest absolute Gasteiger partial charge is 0.392 e. The smallest absolute Gasteiger partial charge is 0.239 e. The highest BCUT2D eigenvalue weighted by molar-refractivity contribution is 7.80. The number of hydrogen-bond acceptors (Lipinski definition) is 4. The molecule has 0 aromatic rings. The van der Waals surface area contributed by atoms with Crippen LogP contribution in [0.2, 0.25) is 0 Å². The third kappa shape index (κ3) is 4.42. The molecule has 0 aromatic heterocycles. The zero-order valence-corrected chi connectivity index (χ0v) is 13.1. The number of amides is 2. The molecule has 0 aromatic carbocycles. The summed E-state index contributed by atoms with van der Waals surface area (Å²) in [5, 5.41) is 5.40. The Labute approximate surface area is 124 Å². The number of nitrogens with one attached hydrogen (secondary N) is 2. The Balaban J connectivity index is 2.60. The third-order valence-electron chi connectivity index (χ3n) is 3.18. The van der Waals surface area contributed by atoms with E-state index in [4.69, 9.17) is 22.7 Å². The third-order valence-corrected chi connectivity index (χ3v) is 3.57. The first-order chi connectivity index (χ1) is 9.17. The zero-order chi connectivity index (χ0) is 15.4. The minimum absolute atomic E-state index is 0.0820. The maximum Gasteiger partial charge on any atom is 0.239 e. The number of carbonyl (C=O) groups is 2. The lowest BCUT2D eigenvalue weighted by molar-refractivity contribution is -0.133. The molecule has 0 spiro atoms. The highest BCUT2D eigenvalue weighted by atomic mass is 32.1. The van der Waals surface area contributed by atoms with Gasteiger partial charge in [0.05, 0.1) is 11.5 Å². The van der Waals surface area contributed by atoms with Gasteiger partial charge in [0.25, 0.3) is 0 Å². The summed E-state index contributed by atoms with van der Waals surface area (Å²) in [6, 6.07) is 0. The maximum absolute atomic E-state index is 12.3. The molecule has 6 nitrogen and oxygen atoms in total. The van der Waals surface area contributed by atoms with Gasteiger partial charge in [-0.1, -0.05) is 12.2 Å². The lowest BCUT2D eigenvalue weighted by Crippen LogP contribution is -2.54. The van der Waals surface area contributed by atoms with Gasteiger partial charge in [-0.15, -0.1) is 0 Å². The number of hydrogen-bond donors (Lipinski definition) is 3. The van der Waals surface area contributed by atoms with Crippen molar-refractivity contribution < 1.29 is 14.3 Å². The van der Waals surface area contributed by atoms with Crippen molar-refractivity contribution in [3.8, 4) is 0 Å². The van der Waals surface area contributed by atoms with Crippen LogP contribution in [0.15, 0.2) is 0 Å². The van der Waals surface area contributed by atoms with E-state index in [1.807, 2.05) is 20.8 Å². The van der Waals surface area contributed by atoms with Gasteiger partial charge in [-0.25, -0.2) is 0 Å². The van der Waals surface area contributed by atoms with Crippen LogP contribution in [0.1, 0.15) is 33.6 Å². The number of thiocarbonyl (C=S) groups is 1. The summed E-state index contributed by atoms with van der Waals surface area (Å²) < 4.78 is 5.24. The van der Waals surface area contributed by atoms with Crippen LogP contribution < -0.4 is 16.4 Å². The van der Waals surface area contributed by atoms with Crippen LogP contribution in [0, 0.1) is 5.41 Å². The molecule has 0 saturated carbocycles. The molecule has 2 amide bonds. The molecule has 1 fully saturated rings. The van der Waals surface area contributed by atoms with Crippen molar-refractivity contribution in [1.82, 2.24) is 10.6 Å². The van der Waals surface area contributed by atoms with Gasteiger partial charge in [-0.2, -0.15) is 0 Å². The van der Waals surface area contributed by atoms with Gasteiger partial charge in [0.15, 0.2) is 0 Å². The van der Waals surface area contributed by atoms with Gasteiger partial charge >= 0.3 is 0 Å². The summed E-state index contributed by atoms with van der Waals surface area (Å²) >= 11 is 5.03. The van der Waals surface area contributed by atoms with Gasteiger partial charge in [-0.3, -0.25) is 9.59 Å². The Morgan fingerprint density at radius 3 is 2.30 bits per heavy atom. The molecule has 1 aliphatic rings. The lowest BCUT2D eigenvalue weighted by atomic mass is 9.79. The zero-order valence-electron chi connectivity index (χ0n) is 12.2. The summed E-state index contributed by atoms with van der Waals surface area (Å²) in [4.78, 5) is 24.2. The molecular weight excluding hydrogens is 278 g/mol. The molecule has 7 heteroatoms. The quantitative estimate of drug-likeness (QED) is 0.640. The summed E-state index contributed by atoms with van der Waals surface area (Å²) in [5.74, 6) is -0.534. The predicted octanol–water partition coefficient (Wildman–Crippen LogP) is 0.100. The fourth-order valence-corrected chi connectivity index (χ4v) is 2.39. The van der Waals surface area contributed by atoms with E-state index >= 15 is 0 Å². The SMILES string of the molecule is CC(C)(C)NC(=O)CNC(=O)C1(C(N)=S)CCOCC1. The van der Waals surface area contributed by atoms with Gasteiger partial charge in [0.2, 0.25) is 11.8 Å². The first-order valence-electron chi connectivity index (χ1n) is 6.64. The minimum Gasteiger partial charge on any atom is -0.392 e. The lowest BCUT2D eigenvalue weighted by Gasteiger charge is -2.34. The van der Waals surface area contributed by atoms with E-state index in [0.717, 1.165) is 0 Å². The van der Waals surface area contributed by atoms with Crippen LogP contribution in [-0.2, 0) is 14.3 Å². The average molecular weight is 301 g/mol. The van der Waals surface area contributed by atoms with Gasteiger partial charge in [0.1, 0.15) is 5.41 Å². The van der Waals surface area contributed by atoms with Crippen molar-refractivity contribution in [2.45, 2.75) is 39.2 Å². The fraction of sp³-hybridized carbons (Fsp3) is 0.769. The van der Waals surface area contributed by atoms with E-state index < -0.39 is 5.41 Å². The second-order valence-corrected chi connectivity index (χ2v) is 6.48. The molecule has 1 rings (SSSR count). The molecule has 0 radical (unpaired) electrons. The molecular formula is C13H23N3O3S. The highest BCUT2D eigenvalue weighted by Crippen LogP contribution is 2.31. The van der Waals surface area contributed by atoms with Crippen molar-refractivity contribution in [1.29, 1.82) is 0 Å². The van der Waals surface area contributed by atoms with Crippen molar-refractivity contribution in [3.63, 3.8) is 0 Å². The number of rotatable bonds is 4. The molecule has 20 heavy (non-hydrogen) atoms. The van der Waals surface area contributed by atoms with Crippen LogP contribution in [-0.4, -0.2) is 42.1 Å². The molecule has 0 bridgehead atoms. The van der Waals surface area contributed by atoms with Crippen molar-refractivity contribution in [2.75, 3.05) is 19.8 Å². The standard InChI is InChI=1S/C13H23N3O3S/c1-12(2,3)16-9(17)8-15-11(18)13(10(14)20)4-6-19-7-5-13/h4-8H2,1-3H3,(H2,14,20)(H,15,18)(H,16,17). The van der Waals surface area contributed by atoms with E-state index in [1.54, 1.807) is 0 Å². The Hall–Kier alpha value is -1.21. The normalized spacial score (nSPS) is 18.1. The second kappa shape index (κ2) is 6.49. The van der Waals surface area contributed by atoms with E-state index in [2.05, 4.69) is 10.6 Å². The Kier molecular flexibility index (Phi) is 5.47. The number of carbonyl (C=O) groups excluding carboxylic acids is 2. The van der Waals surface area contributed by atoms with E-state index in [-0.39, 0.29) is 28.9 Å². The summed E-state index contributed by atoms with van der Waals surface area (Å²) in [5.41, 5.74) is 4.50.